The van der Waals surface area contributed by atoms with E-state index in [0.717, 1.165) is 37.7 Å². The van der Waals surface area contributed by atoms with Gasteiger partial charge in [-0.2, -0.15) is 13.6 Å². The van der Waals surface area contributed by atoms with Crippen LogP contribution in [0, 0.1) is 17.3 Å². The summed E-state index contributed by atoms with van der Waals surface area (Å²) in [6, 6.07) is 5.48. The molecule has 3 aliphatic rings. The molecule has 0 aromatic heterocycles. The topological polar surface area (TPSA) is 98.9 Å². The largest absolute Gasteiger partial charge is 0.393 e. The van der Waals surface area contributed by atoms with E-state index in [1.165, 1.54) is 5.56 Å². The first-order valence-electron chi connectivity index (χ1n) is 9.43. The first-order valence-corrected chi connectivity index (χ1v) is 11.4. The highest BCUT2D eigenvalue weighted by molar-refractivity contribution is 7.84. The van der Waals surface area contributed by atoms with Gasteiger partial charge in [0.25, 0.3) is 0 Å². The smallest absolute Gasteiger partial charge is 0.380 e. The number of alkyl halides is 1. The second-order valence-corrected chi connectivity index (χ2v) is 9.76. The fourth-order valence-corrected chi connectivity index (χ4v) is 6.54. The lowest BCUT2D eigenvalue weighted by molar-refractivity contribution is -0.0967. The van der Waals surface area contributed by atoms with Crippen LogP contribution in [-0.2, 0) is 21.5 Å². The van der Waals surface area contributed by atoms with Crippen LogP contribution >= 0.6 is 11.6 Å². The van der Waals surface area contributed by atoms with Crippen molar-refractivity contribution in [2.24, 2.45) is 22.4 Å². The van der Waals surface area contributed by atoms with Crippen LogP contribution in [0.5, 0.6) is 5.75 Å². The number of hydrogen-bond donors (Lipinski definition) is 2. The van der Waals surface area contributed by atoms with Crippen LogP contribution in [0.2, 0.25) is 0 Å². The molecular weight excluding hydrogens is 390 g/mol. The number of hydrogen-bond acceptors (Lipinski definition) is 5. The maximum Gasteiger partial charge on any atom is 0.380 e. The molecule has 0 spiro atoms. The second kappa shape index (κ2) is 6.88. The fraction of sp³-hybridized carbons (Fsp3) is 0.684. The van der Waals surface area contributed by atoms with Gasteiger partial charge in [-0.3, -0.25) is 0 Å². The molecule has 3 aliphatic carbocycles. The first-order chi connectivity index (χ1) is 12.7. The van der Waals surface area contributed by atoms with Gasteiger partial charge in [-0.1, -0.05) is 24.6 Å². The normalized spacial score (nSPS) is 38.0. The molecule has 6 atom stereocenters. The van der Waals surface area contributed by atoms with Crippen LogP contribution in [0.1, 0.15) is 49.7 Å². The Morgan fingerprint density at radius 3 is 2.81 bits per heavy atom. The Kier molecular flexibility index (Phi) is 4.96. The Balaban J connectivity index is 1.71. The summed E-state index contributed by atoms with van der Waals surface area (Å²) in [5.74, 6) is 1.31. The summed E-state index contributed by atoms with van der Waals surface area (Å²) in [4.78, 5) is 0. The summed E-state index contributed by atoms with van der Waals surface area (Å²) in [7, 11) is -4.04. The van der Waals surface area contributed by atoms with Crippen LogP contribution in [-0.4, -0.2) is 31.8 Å². The van der Waals surface area contributed by atoms with Crippen LogP contribution in [0.15, 0.2) is 18.2 Å². The van der Waals surface area contributed by atoms with E-state index < -0.39 is 10.3 Å². The molecule has 0 aliphatic heterocycles. The predicted octanol–water partition coefficient (Wildman–Crippen LogP) is 2.68. The highest BCUT2D eigenvalue weighted by atomic mass is 35.5. The van der Waals surface area contributed by atoms with Crippen molar-refractivity contribution < 1.29 is 22.4 Å². The zero-order valence-corrected chi connectivity index (χ0v) is 16.9. The number of halogens is 1. The van der Waals surface area contributed by atoms with E-state index in [9.17, 15) is 13.5 Å². The average molecular weight is 416 g/mol. The lowest BCUT2D eigenvalue weighted by Gasteiger charge is -2.53. The molecule has 27 heavy (non-hydrogen) atoms. The van der Waals surface area contributed by atoms with Crippen molar-refractivity contribution in [2.75, 3.05) is 6.07 Å². The Bertz CT molecular complexity index is 831. The molecule has 1 aromatic carbocycles. The molecule has 0 radical (unpaired) electrons. The van der Waals surface area contributed by atoms with Gasteiger partial charge in [0.15, 0.2) is 0 Å². The number of nitrogens with two attached hydrogens (primary N) is 1. The van der Waals surface area contributed by atoms with Gasteiger partial charge < -0.3 is 14.0 Å². The van der Waals surface area contributed by atoms with Crippen molar-refractivity contribution in [1.29, 1.82) is 0 Å². The average Bonchev–Trinajstić information content (AvgIpc) is 2.88. The van der Waals surface area contributed by atoms with Gasteiger partial charge in [0.1, 0.15) is 11.8 Å². The number of fused-ring (bicyclic) bond motifs is 5. The van der Waals surface area contributed by atoms with Crippen LogP contribution in [0.3, 0.4) is 0 Å². The van der Waals surface area contributed by atoms with Gasteiger partial charge in [0.2, 0.25) is 0 Å². The van der Waals surface area contributed by atoms with E-state index >= 15 is 0 Å². The summed E-state index contributed by atoms with van der Waals surface area (Å²) in [5.41, 5.74) is 2.11. The third kappa shape index (κ3) is 3.38. The number of aliphatic hydroxyl groups excluding tert-OH is 1. The molecule has 8 heteroatoms. The van der Waals surface area contributed by atoms with E-state index in [0.29, 0.717) is 11.8 Å². The van der Waals surface area contributed by atoms with E-state index in [-0.39, 0.29) is 35.4 Å². The summed E-state index contributed by atoms with van der Waals surface area (Å²) in [5, 5.41) is 15.6. The summed E-state index contributed by atoms with van der Waals surface area (Å²) in [6.45, 7) is 2.19. The van der Waals surface area contributed by atoms with Crippen molar-refractivity contribution >= 4 is 21.9 Å². The maximum absolute atomic E-state index is 11.2. The van der Waals surface area contributed by atoms with E-state index in [4.69, 9.17) is 25.7 Å². The molecule has 6 nitrogen and oxygen atoms in total. The van der Waals surface area contributed by atoms with Crippen molar-refractivity contribution in [1.82, 2.24) is 0 Å². The summed E-state index contributed by atoms with van der Waals surface area (Å²) >= 11 is 5.93. The lowest BCUT2D eigenvalue weighted by atomic mass is 9.54. The van der Waals surface area contributed by atoms with Crippen LogP contribution in [0.25, 0.3) is 0 Å². The number of rotatable bonds is 4. The highest BCUT2D eigenvalue weighted by Crippen LogP contribution is 2.61. The van der Waals surface area contributed by atoms with Crippen LogP contribution < -0.4 is 9.32 Å². The number of aliphatic hydroxyl groups is 1. The molecule has 0 amide bonds. The molecular formula is C19H26ClNO5S. The minimum Gasteiger partial charge on any atom is -0.393 e. The van der Waals surface area contributed by atoms with Crippen molar-refractivity contribution in [3.05, 3.63) is 29.3 Å². The van der Waals surface area contributed by atoms with Gasteiger partial charge in [-0.25, -0.2) is 0 Å². The zero-order chi connectivity index (χ0) is 19.4. The second-order valence-electron chi connectivity index (χ2n) is 8.39. The molecule has 0 saturated heterocycles. The molecule has 0 unspecified atom stereocenters. The standard InChI is InChI=1S/C19H26ClNO5S/c1-19-9-16(25-10-20)18-13-5-3-12(26-27(21,23)24)8-11(13)2-4-14(18)15(19)6-7-17(19)22/h3,5,8,14-18,22H,2,4,6-7,9-10H2,1H3,(H2,21,23,24)/t14-,15-,16-,17-,18+,19-/m0/s1. The summed E-state index contributed by atoms with van der Waals surface area (Å²) < 4.78 is 33.2. The Morgan fingerprint density at radius 1 is 1.33 bits per heavy atom. The first kappa shape index (κ1) is 19.5. The molecule has 2 saturated carbocycles. The van der Waals surface area contributed by atoms with Gasteiger partial charge >= 0.3 is 10.3 Å². The van der Waals surface area contributed by atoms with E-state index in [1.54, 1.807) is 12.1 Å². The van der Waals surface area contributed by atoms with Gasteiger partial charge in [0, 0.05) is 5.92 Å². The van der Waals surface area contributed by atoms with Gasteiger partial charge in [0.05, 0.1) is 12.2 Å². The van der Waals surface area contributed by atoms with Crippen molar-refractivity contribution in [2.45, 2.75) is 57.2 Å². The fourth-order valence-electron chi connectivity index (χ4n) is 6.01. The molecule has 4 rings (SSSR count). The SMILES string of the molecule is C[C@]12C[C@H](OCCl)[C@@H]3c4ccc(OS(N)(=O)=O)cc4CC[C@H]3[C@@H]1CC[C@@H]2O. The molecule has 2 fully saturated rings. The van der Waals surface area contributed by atoms with Gasteiger partial charge in [-0.15, -0.1) is 0 Å². The monoisotopic (exact) mass is 415 g/mol. The Morgan fingerprint density at radius 2 is 2.11 bits per heavy atom. The minimum absolute atomic E-state index is 0.0643. The highest BCUT2D eigenvalue weighted by Gasteiger charge is 2.58. The molecule has 1 aromatic rings. The quantitative estimate of drug-likeness (QED) is 0.736. The molecule has 150 valence electrons. The van der Waals surface area contributed by atoms with Crippen LogP contribution in [0.4, 0.5) is 0 Å². The Hall–Kier alpha value is -0.860. The van der Waals surface area contributed by atoms with E-state index in [1.807, 2.05) is 6.07 Å². The third-order valence-electron chi connectivity index (χ3n) is 7.09. The minimum atomic E-state index is -4.04. The summed E-state index contributed by atoms with van der Waals surface area (Å²) in [6.07, 6.45) is 4.12. The van der Waals surface area contributed by atoms with Crippen molar-refractivity contribution in [3.8, 4) is 5.75 Å². The molecule has 3 N–H and O–H groups in total. The Labute approximate surface area is 165 Å². The lowest BCUT2D eigenvalue weighted by Crippen LogP contribution is -2.50. The maximum atomic E-state index is 11.2. The van der Waals surface area contributed by atoms with E-state index in [2.05, 4.69) is 6.92 Å². The number of ether oxygens (including phenoxy) is 1. The molecule has 0 heterocycles. The molecule has 0 bridgehead atoms. The number of aryl methyl sites for hydroxylation is 1. The number of benzene rings is 1. The van der Waals surface area contributed by atoms with Crippen molar-refractivity contribution in [3.63, 3.8) is 0 Å². The van der Waals surface area contributed by atoms with Gasteiger partial charge in [-0.05, 0) is 72.6 Å². The zero-order valence-electron chi connectivity index (χ0n) is 15.3. The third-order valence-corrected chi connectivity index (χ3v) is 7.64. The predicted molar refractivity (Wildman–Crippen MR) is 102 cm³/mol.